The van der Waals surface area contributed by atoms with E-state index >= 15 is 0 Å². The van der Waals surface area contributed by atoms with Gasteiger partial charge >= 0.3 is 0 Å². The maximum atomic E-state index is 9.91. The van der Waals surface area contributed by atoms with Crippen LogP contribution in [0.15, 0.2) is 48.5 Å². The maximum Gasteiger partial charge on any atom is 0.166 e. The van der Waals surface area contributed by atoms with Crippen molar-refractivity contribution < 1.29 is 15.0 Å². The van der Waals surface area contributed by atoms with E-state index in [-0.39, 0.29) is 11.5 Å². The number of aromatic hydroxyl groups is 2. The fraction of sp³-hybridized carbons (Fsp3) is 0. The van der Waals surface area contributed by atoms with Crippen LogP contribution in [-0.4, -0.2) is 17.0 Å². The first kappa shape index (κ1) is 11.9. The number of fused-ring (bicyclic) bond motifs is 3. The number of carbonyl (C=O) groups is 1. The van der Waals surface area contributed by atoms with Gasteiger partial charge in [-0.25, -0.2) is 0 Å². The third-order valence-electron chi connectivity index (χ3n) is 2.88. The summed E-state index contributed by atoms with van der Waals surface area (Å²) < 4.78 is 0. The number of carbonyl (C=O) groups excluding carboxylic acids is 1. The Morgan fingerprint density at radius 3 is 1.22 bits per heavy atom. The first-order valence-electron chi connectivity index (χ1n) is 5.39. The van der Waals surface area contributed by atoms with Gasteiger partial charge in [0.25, 0.3) is 0 Å². The summed E-state index contributed by atoms with van der Waals surface area (Å²) in [6.45, 7) is 2.00. The molecule has 3 nitrogen and oxygen atoms in total. The van der Waals surface area contributed by atoms with Gasteiger partial charge < -0.3 is 15.0 Å². The Bertz CT molecular complexity index is 644. The van der Waals surface area contributed by atoms with Crippen LogP contribution in [-0.2, 0) is 4.79 Å². The van der Waals surface area contributed by atoms with Crippen LogP contribution >= 0.6 is 0 Å². The van der Waals surface area contributed by atoms with Crippen molar-refractivity contribution in [2.75, 3.05) is 0 Å². The number of phenols is 2. The van der Waals surface area contributed by atoms with Crippen molar-refractivity contribution in [1.29, 1.82) is 0 Å². The van der Waals surface area contributed by atoms with Crippen molar-refractivity contribution in [1.82, 2.24) is 0 Å². The van der Waals surface area contributed by atoms with Crippen LogP contribution in [0.3, 0.4) is 0 Å². The van der Waals surface area contributed by atoms with Crippen LogP contribution in [0.1, 0.15) is 0 Å². The zero-order chi connectivity index (χ0) is 13.1. The molecule has 0 spiro atoms. The molecule has 0 aliphatic heterocycles. The molecule has 0 unspecified atom stereocenters. The number of hydrogen-bond donors (Lipinski definition) is 2. The van der Waals surface area contributed by atoms with Gasteiger partial charge in [-0.1, -0.05) is 48.5 Å². The van der Waals surface area contributed by atoms with E-state index in [0.29, 0.717) is 10.8 Å². The Hall–Kier alpha value is -2.55. The van der Waals surface area contributed by atoms with E-state index in [1.807, 2.05) is 43.2 Å². The third kappa shape index (κ3) is 1.66. The Morgan fingerprint density at radius 2 is 0.889 bits per heavy atom. The predicted molar refractivity (Wildman–Crippen MR) is 71.9 cm³/mol. The molecule has 0 saturated carbocycles. The first-order chi connectivity index (χ1) is 8.79. The molecule has 0 fully saturated rings. The average Bonchev–Trinajstić information content (AvgIpc) is 2.47. The Kier molecular flexibility index (Phi) is 3.15. The molecule has 3 aromatic rings. The molecular weight excluding hydrogens is 228 g/mol. The van der Waals surface area contributed by atoms with E-state index in [4.69, 9.17) is 4.79 Å². The molecule has 0 radical (unpaired) electrons. The van der Waals surface area contributed by atoms with Crippen molar-refractivity contribution >= 4 is 28.3 Å². The van der Waals surface area contributed by atoms with E-state index in [0.717, 1.165) is 10.8 Å². The van der Waals surface area contributed by atoms with Gasteiger partial charge in [-0.3, -0.25) is 0 Å². The summed E-state index contributed by atoms with van der Waals surface area (Å²) in [7, 11) is 0. The van der Waals surface area contributed by atoms with Crippen molar-refractivity contribution in [2.45, 2.75) is 0 Å². The van der Waals surface area contributed by atoms with Gasteiger partial charge in [-0.15, -0.1) is 0 Å². The summed E-state index contributed by atoms with van der Waals surface area (Å²) in [6.07, 6.45) is 0. The Balaban J connectivity index is 0.000000574. The van der Waals surface area contributed by atoms with E-state index < -0.39 is 0 Å². The lowest BCUT2D eigenvalue weighted by Gasteiger charge is -2.08. The van der Waals surface area contributed by atoms with Crippen LogP contribution in [0.2, 0.25) is 0 Å². The van der Waals surface area contributed by atoms with Crippen molar-refractivity contribution in [3.63, 3.8) is 0 Å². The summed E-state index contributed by atoms with van der Waals surface area (Å²) >= 11 is 0. The largest absolute Gasteiger partial charge is 0.504 e. The zero-order valence-corrected chi connectivity index (χ0v) is 9.63. The molecule has 3 heteroatoms. The highest BCUT2D eigenvalue weighted by molar-refractivity contribution is 6.13. The standard InChI is InChI=1S/C14H10O2.CH2O/c15-13-11-7-3-1-5-9(11)10-6-2-4-8-12(10)14(13)16;1-2/h1-8,15-16H;1H2. The SMILES string of the molecule is C=O.Oc1c(O)c2ccccc2c2ccccc12. The second-order valence-electron chi connectivity index (χ2n) is 3.79. The molecule has 3 aromatic carbocycles. The molecule has 0 aliphatic carbocycles. The molecule has 0 amide bonds. The van der Waals surface area contributed by atoms with Gasteiger partial charge in [-0.05, 0) is 10.8 Å². The maximum absolute atomic E-state index is 9.91. The van der Waals surface area contributed by atoms with Crippen molar-refractivity contribution in [2.24, 2.45) is 0 Å². The van der Waals surface area contributed by atoms with Gasteiger partial charge in [0, 0.05) is 10.8 Å². The zero-order valence-electron chi connectivity index (χ0n) is 9.63. The first-order valence-corrected chi connectivity index (χ1v) is 5.39. The van der Waals surface area contributed by atoms with Gasteiger partial charge in [-0.2, -0.15) is 0 Å². The second kappa shape index (κ2) is 4.75. The number of phenolic OH excluding ortho intramolecular Hbond substituents is 2. The van der Waals surface area contributed by atoms with Crippen LogP contribution < -0.4 is 0 Å². The Morgan fingerprint density at radius 1 is 0.611 bits per heavy atom. The van der Waals surface area contributed by atoms with Crippen molar-refractivity contribution in [3.05, 3.63) is 48.5 Å². The normalized spacial score (nSPS) is 10.0. The molecule has 0 aromatic heterocycles. The van der Waals surface area contributed by atoms with Gasteiger partial charge in [0.2, 0.25) is 0 Å². The molecule has 3 rings (SSSR count). The van der Waals surface area contributed by atoms with E-state index in [1.165, 1.54) is 0 Å². The summed E-state index contributed by atoms with van der Waals surface area (Å²) in [5.41, 5.74) is 0. The molecule has 0 heterocycles. The molecule has 2 N–H and O–H groups in total. The second-order valence-corrected chi connectivity index (χ2v) is 3.79. The molecule has 18 heavy (non-hydrogen) atoms. The lowest BCUT2D eigenvalue weighted by molar-refractivity contribution is -0.0979. The third-order valence-corrected chi connectivity index (χ3v) is 2.88. The van der Waals surface area contributed by atoms with Crippen LogP contribution in [0.5, 0.6) is 11.5 Å². The lowest BCUT2D eigenvalue weighted by Crippen LogP contribution is -1.80. The summed E-state index contributed by atoms with van der Waals surface area (Å²) in [4.78, 5) is 8.00. The van der Waals surface area contributed by atoms with Gasteiger partial charge in [0.1, 0.15) is 6.79 Å². The van der Waals surface area contributed by atoms with Crippen LogP contribution in [0, 0.1) is 0 Å². The number of benzene rings is 3. The molecule has 90 valence electrons. The van der Waals surface area contributed by atoms with Crippen molar-refractivity contribution in [3.8, 4) is 11.5 Å². The number of rotatable bonds is 0. The predicted octanol–water partition coefficient (Wildman–Crippen LogP) is 3.22. The summed E-state index contributed by atoms with van der Waals surface area (Å²) in [5, 5.41) is 23.1. The highest BCUT2D eigenvalue weighted by atomic mass is 16.3. The fourth-order valence-corrected chi connectivity index (χ4v) is 2.10. The highest BCUT2D eigenvalue weighted by Crippen LogP contribution is 2.41. The smallest absolute Gasteiger partial charge is 0.166 e. The summed E-state index contributed by atoms with van der Waals surface area (Å²) in [6, 6.07) is 15.0. The Labute approximate surface area is 104 Å². The fourth-order valence-electron chi connectivity index (χ4n) is 2.10. The van der Waals surface area contributed by atoms with E-state index in [1.54, 1.807) is 12.1 Å². The molecule has 0 bridgehead atoms. The monoisotopic (exact) mass is 240 g/mol. The molecule has 0 atom stereocenters. The minimum atomic E-state index is -0.0469. The minimum Gasteiger partial charge on any atom is -0.504 e. The summed E-state index contributed by atoms with van der Waals surface area (Å²) in [5.74, 6) is -0.0939. The lowest BCUT2D eigenvalue weighted by atomic mass is 10.0. The highest BCUT2D eigenvalue weighted by Gasteiger charge is 2.11. The van der Waals surface area contributed by atoms with Gasteiger partial charge in [0.05, 0.1) is 0 Å². The average molecular weight is 240 g/mol. The van der Waals surface area contributed by atoms with Crippen LogP contribution in [0.4, 0.5) is 0 Å². The quantitative estimate of drug-likeness (QED) is 0.468. The topological polar surface area (TPSA) is 57.5 Å². The minimum absolute atomic E-state index is 0.0469. The molecular formula is C15H12O3. The molecule has 0 saturated heterocycles. The van der Waals surface area contributed by atoms with Crippen LogP contribution in [0.25, 0.3) is 21.5 Å². The molecule has 0 aliphatic rings. The van der Waals surface area contributed by atoms with E-state index in [2.05, 4.69) is 0 Å². The number of hydrogen-bond acceptors (Lipinski definition) is 3. The van der Waals surface area contributed by atoms with Gasteiger partial charge in [0.15, 0.2) is 11.5 Å². The van der Waals surface area contributed by atoms with E-state index in [9.17, 15) is 10.2 Å².